The van der Waals surface area contributed by atoms with Crippen molar-refractivity contribution in [2.24, 2.45) is 0 Å². The minimum Gasteiger partial charge on any atom is -0.489 e. The van der Waals surface area contributed by atoms with Gasteiger partial charge < -0.3 is 76.9 Å². The number of likely N-dealkylation sites (N-methyl/N-ethyl adjacent to an activating group) is 1. The van der Waals surface area contributed by atoms with Crippen molar-refractivity contribution in [3.63, 3.8) is 0 Å². The van der Waals surface area contributed by atoms with Gasteiger partial charge in [0.1, 0.15) is 112 Å². The Morgan fingerprint density at radius 1 is 0.557 bits per heavy atom. The molecular weight excluding hydrogens is 1440 g/mol. The molecule has 0 amide bonds. The van der Waals surface area contributed by atoms with E-state index in [0.717, 1.165) is 26.7 Å². The minimum atomic E-state index is -0.787. The van der Waals surface area contributed by atoms with E-state index < -0.39 is 24.1 Å². The molecule has 0 aliphatic carbocycles. The summed E-state index contributed by atoms with van der Waals surface area (Å²) < 4.78 is 71.0. The third-order valence-corrected chi connectivity index (χ3v) is 14.9. The number of hydrogen-bond acceptors (Lipinski definition) is 25. The molecule has 11 aromatic rings. The molecule has 34 heteroatoms. The number of hydrogen-bond donors (Lipinski definition) is 8. The highest BCUT2D eigenvalue weighted by atomic mass is 79.9. The molecular formula is C72H82BrF2N19O12. The Kier molecular flexibility index (Phi) is 33.1. The van der Waals surface area contributed by atoms with Gasteiger partial charge >= 0.3 is 5.97 Å². The standard InChI is InChI=1S/C26H24FN7O3.C25H23FN6O3.C13H13BrN4O.C4H9NO2.C4H10O3.H3N/c1-16-29-12-17(13-30-16)14-36-21-9-19(27)10-22(11-21)37-20-5-3-18(4-6-20)24-23-25(28)31-15-32-26(23)34(33-24)7-2-8-35;1-16-29-13-17(14-30-16)15-34-21-10-19(26)11-22(12-21)35-20-6-4-18(5-7-20)23-24(28-2)25(27)32(31-23)8-3-9-33;1-16-12-11(9-3-5-10(14)6-4-9)17-18(13(12)15)7-2-8-19;1-5(2)3-4(6)7;1-5-4(6-2)7-3;/h3-6,9-13,15,35H,2,7-8,14H2,1H3,(H2,28,31,32);4-7,10-14,33H,3,8-9,15,27H2,1H3;3-6,19H,2,7-8,15H2;3H2,1-2H3,(H,6,7);4H,1-3H3;1H3. The average molecular weight is 1520 g/mol. The molecule has 11 rings (SSSR count). The first kappa shape index (κ1) is 83.2. The number of aliphatic hydroxyl groups is 3. The summed E-state index contributed by atoms with van der Waals surface area (Å²) in [5.41, 5.74) is 24.8. The predicted octanol–water partition coefficient (Wildman–Crippen LogP) is 11.6. The molecule has 0 unspecified atom stereocenters. The van der Waals surface area contributed by atoms with Crippen molar-refractivity contribution in [1.29, 1.82) is 0 Å². The largest absolute Gasteiger partial charge is 0.489 e. The van der Waals surface area contributed by atoms with E-state index in [0.29, 0.717) is 130 Å². The topological polar surface area (TPSA) is 418 Å². The van der Waals surface area contributed by atoms with Gasteiger partial charge in [0.15, 0.2) is 5.65 Å². The normalized spacial score (nSPS) is 10.6. The number of ether oxygens (including phenoxy) is 7. The number of aliphatic carboxylic acids is 1. The van der Waals surface area contributed by atoms with E-state index in [1.165, 1.54) is 56.6 Å². The van der Waals surface area contributed by atoms with E-state index >= 15 is 0 Å². The second-order valence-corrected chi connectivity index (χ2v) is 23.5. The van der Waals surface area contributed by atoms with Gasteiger partial charge in [-0.25, -0.2) is 53.1 Å². The maximum atomic E-state index is 14.2. The number of fused-ring (bicyclic) bond motifs is 1. The molecule has 0 spiro atoms. The monoisotopic (exact) mass is 1520 g/mol. The van der Waals surface area contributed by atoms with Crippen LogP contribution in [0.4, 0.5) is 37.6 Å². The quantitative estimate of drug-likeness (QED) is 0.0175. The number of carboxylic acid groups (broad SMARTS) is 1. The molecule has 31 nitrogen and oxygen atoms in total. The van der Waals surface area contributed by atoms with E-state index in [2.05, 4.69) is 85.0 Å². The number of nitrogens with zero attached hydrogens (tertiary/aromatic N) is 15. The number of nitrogens with two attached hydrogens (primary N) is 3. The molecule has 6 heterocycles. The van der Waals surface area contributed by atoms with E-state index in [-0.39, 0.29) is 63.0 Å². The third kappa shape index (κ3) is 24.8. The van der Waals surface area contributed by atoms with Crippen LogP contribution in [-0.2, 0) is 51.9 Å². The van der Waals surface area contributed by atoms with Crippen LogP contribution in [0.5, 0.6) is 34.5 Å². The van der Waals surface area contributed by atoms with Crippen molar-refractivity contribution < 1.29 is 67.2 Å². The molecule has 13 N–H and O–H groups in total. The maximum Gasteiger partial charge on any atom is 0.317 e. The summed E-state index contributed by atoms with van der Waals surface area (Å²) in [6.07, 6.45) is 9.61. The van der Waals surface area contributed by atoms with Gasteiger partial charge in [0.05, 0.1) is 25.1 Å². The van der Waals surface area contributed by atoms with Gasteiger partial charge in [0.2, 0.25) is 0 Å². The number of halogens is 3. The molecule has 0 saturated carbocycles. The summed E-state index contributed by atoms with van der Waals surface area (Å²) in [6, 6.07) is 29.9. The summed E-state index contributed by atoms with van der Waals surface area (Å²) in [4.78, 5) is 43.2. The molecule has 0 aliphatic heterocycles. The lowest BCUT2D eigenvalue weighted by molar-refractivity contribution is -0.252. The van der Waals surface area contributed by atoms with Gasteiger partial charge in [-0.3, -0.25) is 19.1 Å². The lowest BCUT2D eigenvalue weighted by Gasteiger charge is -2.10. The van der Waals surface area contributed by atoms with Gasteiger partial charge in [-0.05, 0) is 107 Å². The molecule has 106 heavy (non-hydrogen) atoms. The van der Waals surface area contributed by atoms with Crippen LogP contribution in [0, 0.1) is 38.6 Å². The van der Waals surface area contributed by atoms with E-state index in [1.54, 1.807) is 116 Å². The van der Waals surface area contributed by atoms with Gasteiger partial charge in [0.25, 0.3) is 17.9 Å². The highest BCUT2D eigenvalue weighted by Gasteiger charge is 2.21. The molecule has 0 radical (unpaired) electrons. The van der Waals surface area contributed by atoms with Crippen molar-refractivity contribution in [2.75, 3.05) is 79.0 Å². The Morgan fingerprint density at radius 2 is 0.934 bits per heavy atom. The number of nitrogen functional groups attached to an aromatic ring is 3. The summed E-state index contributed by atoms with van der Waals surface area (Å²) in [5.74, 6) is 2.63. The minimum absolute atomic E-state index is 0. The van der Waals surface area contributed by atoms with Crippen LogP contribution in [0.3, 0.4) is 0 Å². The first-order valence-corrected chi connectivity index (χ1v) is 32.9. The second-order valence-electron chi connectivity index (χ2n) is 22.6. The molecule has 0 saturated heterocycles. The highest BCUT2D eigenvalue weighted by molar-refractivity contribution is 9.10. The molecule has 558 valence electrons. The second kappa shape index (κ2) is 42.2. The van der Waals surface area contributed by atoms with Crippen LogP contribution >= 0.6 is 15.9 Å². The number of aliphatic hydroxyl groups excluding tert-OH is 3. The van der Waals surface area contributed by atoms with E-state index in [9.17, 15) is 18.7 Å². The molecule has 5 aromatic carbocycles. The lowest BCUT2D eigenvalue weighted by Crippen LogP contribution is -2.20. The van der Waals surface area contributed by atoms with Gasteiger partial charge in [-0.1, -0.05) is 40.2 Å². The predicted molar refractivity (Wildman–Crippen MR) is 396 cm³/mol. The lowest BCUT2D eigenvalue weighted by atomic mass is 10.1. The van der Waals surface area contributed by atoms with Crippen LogP contribution < -0.4 is 42.3 Å². The summed E-state index contributed by atoms with van der Waals surface area (Å²) >= 11 is 3.37. The summed E-state index contributed by atoms with van der Waals surface area (Å²) in [7, 11) is 7.97. The Morgan fingerprint density at radius 3 is 1.29 bits per heavy atom. The van der Waals surface area contributed by atoms with Crippen LogP contribution in [0.25, 0.3) is 54.5 Å². The average Bonchev–Trinajstić information content (AvgIpc) is 1.61. The van der Waals surface area contributed by atoms with Crippen molar-refractivity contribution in [1.82, 2.24) is 70.3 Å². The zero-order valence-electron chi connectivity index (χ0n) is 59.2. The zero-order chi connectivity index (χ0) is 76.0. The maximum absolute atomic E-state index is 14.2. The van der Waals surface area contributed by atoms with Crippen LogP contribution in [0.1, 0.15) is 42.0 Å². The molecule has 0 atom stereocenters. The fourth-order valence-corrected chi connectivity index (χ4v) is 9.68. The van der Waals surface area contributed by atoms with Crippen LogP contribution in [-0.4, -0.2) is 159 Å². The smallest absolute Gasteiger partial charge is 0.317 e. The number of benzene rings is 5. The van der Waals surface area contributed by atoms with Crippen molar-refractivity contribution in [3.05, 3.63) is 202 Å². The molecule has 6 aromatic heterocycles. The number of carboxylic acids is 1. The Bertz CT molecular complexity index is 4650. The highest BCUT2D eigenvalue weighted by Crippen LogP contribution is 2.39. The van der Waals surface area contributed by atoms with Gasteiger partial charge in [-0.2, -0.15) is 15.3 Å². The SMILES string of the molecule is CN(C)CC(=O)O.COC(OC)OC.Cc1ncc(COc2cc(F)cc(Oc3ccc(-c4nn(CCCO)c5ncnc(N)c45)cc3)c2)cn1.N.[C-]#[N+]c1c(-c2ccc(Br)cc2)nn(CCCO)c1N.[C-]#[N+]c1c(-c2ccc(Oc3cc(F)cc(OCc4cnc(C)nc4)c3)cc2)nn(CCCO)c1N. The third-order valence-electron chi connectivity index (χ3n) is 14.3. The Balaban J connectivity index is 0.000000235. The van der Waals surface area contributed by atoms with E-state index in [4.69, 9.17) is 64.6 Å². The number of anilines is 3. The van der Waals surface area contributed by atoms with Crippen LogP contribution in [0.15, 0.2) is 145 Å². The number of aryl methyl sites for hydroxylation is 5. The number of rotatable bonds is 27. The summed E-state index contributed by atoms with van der Waals surface area (Å²) in [6.45, 7) is 19.8. The number of methoxy groups -OCH3 is 3. The Labute approximate surface area is 618 Å². The van der Waals surface area contributed by atoms with E-state index in [1.807, 2.05) is 36.4 Å². The molecule has 0 aliphatic rings. The van der Waals surface area contributed by atoms with Crippen molar-refractivity contribution >= 4 is 61.8 Å². The summed E-state index contributed by atoms with van der Waals surface area (Å²) in [5, 5.41) is 49.2. The van der Waals surface area contributed by atoms with Gasteiger partial charge in [-0.15, -0.1) is 0 Å². The molecule has 0 bridgehead atoms. The zero-order valence-corrected chi connectivity index (χ0v) is 60.8. The first-order valence-electron chi connectivity index (χ1n) is 32.1. The van der Waals surface area contributed by atoms with Gasteiger partial charge in [0, 0.05) is 143 Å². The van der Waals surface area contributed by atoms with Crippen molar-refractivity contribution in [3.8, 4) is 68.3 Å². The van der Waals surface area contributed by atoms with Crippen molar-refractivity contribution in [2.45, 2.75) is 72.4 Å². The Hall–Kier alpha value is -11.7. The first-order chi connectivity index (χ1) is 50.6. The molecule has 0 fully saturated rings. The fourth-order valence-electron chi connectivity index (χ4n) is 9.41. The fraction of sp³-hybridized carbons (Fsp3) is 0.278. The van der Waals surface area contributed by atoms with Crippen LogP contribution in [0.2, 0.25) is 0 Å². The number of aromatic nitrogens is 12. The number of carbonyl (C=O) groups is 1.